The van der Waals surface area contributed by atoms with Crippen LogP contribution in [0.5, 0.6) is 0 Å². The number of hydrogen-bond donors (Lipinski definition) is 1. The number of amides is 1. The van der Waals surface area contributed by atoms with Crippen molar-refractivity contribution in [2.45, 2.75) is 37.0 Å². The molecule has 2 aromatic carbocycles. The first-order chi connectivity index (χ1) is 13.0. The van der Waals surface area contributed by atoms with Crippen molar-refractivity contribution in [3.63, 3.8) is 0 Å². The monoisotopic (exact) mass is 384 g/mol. The van der Waals surface area contributed by atoms with Crippen molar-refractivity contribution in [1.29, 1.82) is 0 Å². The van der Waals surface area contributed by atoms with Gasteiger partial charge in [0.25, 0.3) is 0 Å². The van der Waals surface area contributed by atoms with Crippen LogP contribution >= 0.6 is 0 Å². The van der Waals surface area contributed by atoms with Gasteiger partial charge in [-0.05, 0) is 61.4 Å². The molecular weight excluding hydrogens is 360 g/mol. The van der Waals surface area contributed by atoms with Gasteiger partial charge in [-0.25, -0.2) is 13.1 Å². The summed E-state index contributed by atoms with van der Waals surface area (Å²) in [6.07, 6.45) is 4.25. The number of benzene rings is 2. The zero-order valence-electron chi connectivity index (χ0n) is 15.2. The van der Waals surface area contributed by atoms with Gasteiger partial charge < -0.3 is 4.90 Å². The van der Waals surface area contributed by atoms with E-state index in [2.05, 4.69) is 4.72 Å². The van der Waals surface area contributed by atoms with Gasteiger partial charge in [-0.1, -0.05) is 30.3 Å². The summed E-state index contributed by atoms with van der Waals surface area (Å²) in [4.78, 5) is 14.4. The Kier molecular flexibility index (Phi) is 5.02. The molecule has 27 heavy (non-hydrogen) atoms. The molecule has 0 saturated heterocycles. The number of carbonyl (C=O) groups excluding carboxylic acids is 1. The molecule has 0 aromatic heterocycles. The van der Waals surface area contributed by atoms with Crippen LogP contribution in [0.15, 0.2) is 53.4 Å². The molecule has 2 aliphatic rings. The van der Waals surface area contributed by atoms with E-state index in [4.69, 9.17) is 0 Å². The zero-order chi connectivity index (χ0) is 18.9. The highest BCUT2D eigenvalue weighted by atomic mass is 32.2. The van der Waals surface area contributed by atoms with Crippen LogP contribution in [-0.2, 0) is 27.7 Å². The quantitative estimate of drug-likeness (QED) is 0.747. The average Bonchev–Trinajstić information content (AvgIpc) is 3.44. The summed E-state index contributed by atoms with van der Waals surface area (Å²) in [5.41, 5.74) is 3.01. The minimum atomic E-state index is -3.53. The molecule has 2 aromatic rings. The second-order valence-corrected chi connectivity index (χ2v) is 9.06. The fourth-order valence-electron chi connectivity index (χ4n) is 3.55. The third-order valence-electron chi connectivity index (χ3n) is 5.23. The Balaban J connectivity index is 1.38. The maximum atomic E-state index is 12.6. The number of anilines is 1. The van der Waals surface area contributed by atoms with Crippen LogP contribution in [0.4, 0.5) is 5.69 Å². The summed E-state index contributed by atoms with van der Waals surface area (Å²) in [7, 11) is -3.53. The number of fused-ring (bicyclic) bond motifs is 1. The lowest BCUT2D eigenvalue weighted by Crippen LogP contribution is -2.30. The normalized spacial score (nSPS) is 16.4. The maximum absolute atomic E-state index is 12.6. The minimum absolute atomic E-state index is 0.172. The number of nitrogens with zero attached hydrogens (tertiary/aromatic N) is 1. The summed E-state index contributed by atoms with van der Waals surface area (Å²) in [6, 6.07) is 15.1. The maximum Gasteiger partial charge on any atom is 0.240 e. The molecule has 1 aliphatic heterocycles. The molecular formula is C21H24N2O3S. The van der Waals surface area contributed by atoms with Crippen molar-refractivity contribution in [3.05, 3.63) is 59.7 Å². The number of hydrogen-bond acceptors (Lipinski definition) is 3. The molecule has 1 aliphatic carbocycles. The number of rotatable bonds is 7. The molecule has 0 spiro atoms. The first-order valence-electron chi connectivity index (χ1n) is 9.52. The zero-order valence-corrected chi connectivity index (χ0v) is 16.0. The first-order valence-corrected chi connectivity index (χ1v) is 11.0. The van der Waals surface area contributed by atoms with E-state index < -0.39 is 10.0 Å². The van der Waals surface area contributed by atoms with E-state index in [-0.39, 0.29) is 16.7 Å². The number of nitrogens with one attached hydrogen (secondary N) is 1. The van der Waals surface area contributed by atoms with Crippen molar-refractivity contribution >= 4 is 21.6 Å². The van der Waals surface area contributed by atoms with E-state index >= 15 is 0 Å². The number of carbonyl (C=O) groups is 1. The van der Waals surface area contributed by atoms with Gasteiger partial charge in [0, 0.05) is 24.7 Å². The van der Waals surface area contributed by atoms with Gasteiger partial charge in [0.2, 0.25) is 15.9 Å². The molecule has 1 heterocycles. The molecule has 0 radical (unpaired) electrons. The molecule has 5 nitrogen and oxygen atoms in total. The van der Waals surface area contributed by atoms with Gasteiger partial charge in [-0.2, -0.15) is 0 Å². The van der Waals surface area contributed by atoms with Gasteiger partial charge in [0.1, 0.15) is 0 Å². The largest absolute Gasteiger partial charge is 0.312 e. The Morgan fingerprint density at radius 1 is 1.11 bits per heavy atom. The molecule has 1 N–H and O–H groups in total. The van der Waals surface area contributed by atoms with Crippen molar-refractivity contribution in [3.8, 4) is 0 Å². The summed E-state index contributed by atoms with van der Waals surface area (Å²) >= 11 is 0. The predicted octanol–water partition coefficient (Wildman–Crippen LogP) is 2.90. The van der Waals surface area contributed by atoms with E-state index in [0.29, 0.717) is 19.5 Å². The van der Waals surface area contributed by atoms with Gasteiger partial charge >= 0.3 is 0 Å². The molecule has 4 rings (SSSR count). The molecule has 0 unspecified atom stereocenters. The lowest BCUT2D eigenvalue weighted by atomic mass is 10.1. The highest BCUT2D eigenvalue weighted by Gasteiger charge is 2.36. The van der Waals surface area contributed by atoms with Crippen LogP contribution in [0.2, 0.25) is 0 Å². The molecule has 1 saturated carbocycles. The Hall–Kier alpha value is -2.18. The van der Waals surface area contributed by atoms with E-state index in [1.165, 1.54) is 5.56 Å². The van der Waals surface area contributed by atoms with Crippen molar-refractivity contribution in [2.24, 2.45) is 5.92 Å². The highest BCUT2D eigenvalue weighted by molar-refractivity contribution is 7.89. The van der Waals surface area contributed by atoms with Crippen molar-refractivity contribution in [1.82, 2.24) is 4.72 Å². The highest BCUT2D eigenvalue weighted by Crippen LogP contribution is 2.37. The van der Waals surface area contributed by atoms with Crippen LogP contribution in [0.1, 0.15) is 30.4 Å². The Labute approximate surface area is 160 Å². The second-order valence-electron chi connectivity index (χ2n) is 7.29. The second kappa shape index (κ2) is 7.44. The summed E-state index contributed by atoms with van der Waals surface area (Å²) in [5.74, 6) is 0.356. The Morgan fingerprint density at radius 2 is 1.89 bits per heavy atom. The smallest absolute Gasteiger partial charge is 0.240 e. The Bertz CT molecular complexity index is 937. The minimum Gasteiger partial charge on any atom is -0.312 e. The molecule has 6 heteroatoms. The predicted molar refractivity (Wildman–Crippen MR) is 105 cm³/mol. The van der Waals surface area contributed by atoms with E-state index in [1.807, 2.05) is 35.2 Å². The molecule has 0 bridgehead atoms. The molecule has 142 valence electrons. The van der Waals surface area contributed by atoms with E-state index in [1.54, 1.807) is 18.2 Å². The fraction of sp³-hybridized carbons (Fsp3) is 0.381. The van der Waals surface area contributed by atoms with Crippen LogP contribution in [0.25, 0.3) is 0 Å². The van der Waals surface area contributed by atoms with Crippen LogP contribution in [0, 0.1) is 5.92 Å². The van der Waals surface area contributed by atoms with Gasteiger partial charge in [-0.15, -0.1) is 0 Å². The number of aryl methyl sites for hydroxylation is 1. The van der Waals surface area contributed by atoms with Crippen LogP contribution in [-0.4, -0.2) is 27.4 Å². The molecule has 1 amide bonds. The van der Waals surface area contributed by atoms with Gasteiger partial charge in [0.05, 0.1) is 4.90 Å². The van der Waals surface area contributed by atoms with Gasteiger partial charge in [0.15, 0.2) is 0 Å². The lowest BCUT2D eigenvalue weighted by molar-refractivity contribution is -0.119. The molecule has 1 fully saturated rings. The van der Waals surface area contributed by atoms with E-state index in [0.717, 1.165) is 36.9 Å². The third kappa shape index (κ3) is 4.06. The van der Waals surface area contributed by atoms with E-state index in [9.17, 15) is 13.2 Å². The number of sulfonamides is 1. The topological polar surface area (TPSA) is 66.5 Å². The summed E-state index contributed by atoms with van der Waals surface area (Å²) < 4.78 is 27.9. The summed E-state index contributed by atoms with van der Waals surface area (Å²) in [6.45, 7) is 1.05. The molecule has 0 atom stereocenters. The van der Waals surface area contributed by atoms with Crippen molar-refractivity contribution < 1.29 is 13.2 Å². The van der Waals surface area contributed by atoms with Crippen LogP contribution < -0.4 is 9.62 Å². The van der Waals surface area contributed by atoms with Crippen LogP contribution in [0.3, 0.4) is 0 Å². The lowest BCUT2D eigenvalue weighted by Gasteiger charge is -2.17. The third-order valence-corrected chi connectivity index (χ3v) is 6.69. The average molecular weight is 385 g/mol. The summed E-state index contributed by atoms with van der Waals surface area (Å²) in [5, 5.41) is 0. The standard InChI is InChI=1S/C21H24N2O3S/c24-21(17-8-9-17)23-14-12-18-15-19(10-11-20(18)23)27(25,26)22-13-4-7-16-5-2-1-3-6-16/h1-3,5-6,10-11,15,17,22H,4,7-9,12-14H2. The first kappa shape index (κ1) is 18.2. The SMILES string of the molecule is O=C(C1CC1)N1CCc2cc(S(=O)(=O)NCCCc3ccccc3)ccc21. The Morgan fingerprint density at radius 3 is 2.63 bits per heavy atom. The van der Waals surface area contributed by atoms with Crippen molar-refractivity contribution in [2.75, 3.05) is 18.0 Å². The fourth-order valence-corrected chi connectivity index (χ4v) is 4.68. The van der Waals surface area contributed by atoms with Gasteiger partial charge in [-0.3, -0.25) is 4.79 Å².